The molecule has 1 aromatic carbocycles. The molecule has 0 aliphatic carbocycles. The van der Waals surface area contributed by atoms with E-state index in [1.54, 1.807) is 0 Å². The highest BCUT2D eigenvalue weighted by atomic mass is 16.3. The van der Waals surface area contributed by atoms with Crippen molar-refractivity contribution < 1.29 is 4.42 Å². The molecule has 1 heterocycles. The van der Waals surface area contributed by atoms with Crippen molar-refractivity contribution in [2.75, 3.05) is 0 Å². The lowest BCUT2D eigenvalue weighted by Gasteiger charge is -2.12. The molecule has 0 fully saturated rings. The van der Waals surface area contributed by atoms with Gasteiger partial charge in [0.05, 0.1) is 0 Å². The molecular formula is C24H32O. The Kier molecular flexibility index (Phi) is 6.87. The predicted molar refractivity (Wildman–Crippen MR) is 110 cm³/mol. The maximum atomic E-state index is 6.36. The summed E-state index contributed by atoms with van der Waals surface area (Å²) in [5.41, 5.74) is 7.64. The highest BCUT2D eigenvalue weighted by molar-refractivity contribution is 5.83. The van der Waals surface area contributed by atoms with Crippen LogP contribution in [-0.4, -0.2) is 0 Å². The minimum absolute atomic E-state index is 0.865. The van der Waals surface area contributed by atoms with Crippen LogP contribution in [0.5, 0.6) is 0 Å². The molecule has 0 saturated heterocycles. The number of furan rings is 1. The van der Waals surface area contributed by atoms with E-state index in [1.807, 2.05) is 0 Å². The Morgan fingerprint density at radius 1 is 1.04 bits per heavy atom. The summed E-state index contributed by atoms with van der Waals surface area (Å²) in [6.45, 7) is 14.9. The number of allylic oxidation sites excluding steroid dienone is 3. The minimum Gasteiger partial charge on any atom is -0.461 e. The quantitative estimate of drug-likeness (QED) is 0.355. The van der Waals surface area contributed by atoms with E-state index in [-0.39, 0.29) is 0 Å². The molecule has 0 N–H and O–H groups in total. The first-order valence-corrected chi connectivity index (χ1v) is 9.44. The van der Waals surface area contributed by atoms with Gasteiger partial charge in [0.25, 0.3) is 0 Å². The molecule has 0 amide bonds. The number of aryl methyl sites for hydroxylation is 1. The van der Waals surface area contributed by atoms with Crippen molar-refractivity contribution in [2.24, 2.45) is 0 Å². The Morgan fingerprint density at radius 3 is 2.28 bits per heavy atom. The zero-order valence-electron chi connectivity index (χ0n) is 16.5. The molecule has 134 valence electrons. The summed E-state index contributed by atoms with van der Waals surface area (Å²) in [6, 6.07) is 10.7. The molecule has 2 aromatic rings. The van der Waals surface area contributed by atoms with Gasteiger partial charge in [-0.2, -0.15) is 0 Å². The van der Waals surface area contributed by atoms with Crippen LogP contribution in [0.1, 0.15) is 70.5 Å². The van der Waals surface area contributed by atoms with E-state index in [2.05, 4.69) is 71.5 Å². The first-order chi connectivity index (χ1) is 12.0. The van der Waals surface area contributed by atoms with E-state index in [9.17, 15) is 0 Å². The Hall–Kier alpha value is -2.02. The lowest BCUT2D eigenvalue weighted by Crippen LogP contribution is -1.94. The zero-order valence-corrected chi connectivity index (χ0v) is 16.5. The molecule has 0 spiro atoms. The van der Waals surface area contributed by atoms with Gasteiger partial charge in [0, 0.05) is 11.1 Å². The van der Waals surface area contributed by atoms with E-state index in [1.165, 1.54) is 47.1 Å². The smallest absolute Gasteiger partial charge is 0.138 e. The van der Waals surface area contributed by atoms with Crippen molar-refractivity contribution in [3.8, 4) is 11.1 Å². The van der Waals surface area contributed by atoms with Crippen molar-refractivity contribution >= 4 is 5.57 Å². The fourth-order valence-electron chi connectivity index (χ4n) is 3.34. The number of hydrogen-bond donors (Lipinski definition) is 0. The van der Waals surface area contributed by atoms with Gasteiger partial charge < -0.3 is 4.42 Å². The van der Waals surface area contributed by atoms with E-state index in [0.29, 0.717) is 0 Å². The SMILES string of the molecule is C=C(C)CC(=C(C)C)c1oc(C)c(CCCCC)c1-c1ccccc1. The fraction of sp³-hybridized carbons (Fsp3) is 0.417. The second-order valence-electron chi connectivity index (χ2n) is 7.28. The summed E-state index contributed by atoms with van der Waals surface area (Å²) >= 11 is 0. The second-order valence-corrected chi connectivity index (χ2v) is 7.28. The summed E-state index contributed by atoms with van der Waals surface area (Å²) in [5.74, 6) is 2.10. The van der Waals surface area contributed by atoms with Gasteiger partial charge >= 0.3 is 0 Å². The first kappa shape index (κ1) is 19.3. The standard InChI is InChI=1S/C24H32O/c1-7-8-10-15-21-19(6)25-24(22(18(4)5)16-17(2)3)23(21)20-13-11-9-12-14-20/h9,11-14H,2,7-8,10,15-16H2,1,3-6H3. The summed E-state index contributed by atoms with van der Waals surface area (Å²) < 4.78 is 6.36. The molecule has 0 saturated carbocycles. The summed E-state index contributed by atoms with van der Waals surface area (Å²) in [5, 5.41) is 0. The van der Waals surface area contributed by atoms with Crippen LogP contribution in [0.3, 0.4) is 0 Å². The van der Waals surface area contributed by atoms with Crippen LogP contribution >= 0.6 is 0 Å². The Balaban J connectivity index is 2.61. The van der Waals surface area contributed by atoms with Gasteiger partial charge in [-0.3, -0.25) is 0 Å². The van der Waals surface area contributed by atoms with Gasteiger partial charge in [-0.15, -0.1) is 0 Å². The average molecular weight is 337 g/mol. The second kappa shape index (κ2) is 8.89. The average Bonchev–Trinajstić information content (AvgIpc) is 2.90. The molecule has 25 heavy (non-hydrogen) atoms. The van der Waals surface area contributed by atoms with Crippen LogP contribution in [0.4, 0.5) is 0 Å². The molecular weight excluding hydrogens is 304 g/mol. The monoisotopic (exact) mass is 336 g/mol. The number of rotatable bonds is 8. The van der Waals surface area contributed by atoms with Gasteiger partial charge in [-0.1, -0.05) is 67.8 Å². The molecule has 1 heteroatoms. The number of unbranched alkanes of at least 4 members (excludes halogenated alkanes) is 2. The van der Waals surface area contributed by atoms with Crippen molar-refractivity contribution in [3.05, 3.63) is 65.1 Å². The van der Waals surface area contributed by atoms with Crippen molar-refractivity contribution in [2.45, 2.75) is 66.7 Å². The minimum atomic E-state index is 0.865. The van der Waals surface area contributed by atoms with E-state index >= 15 is 0 Å². The van der Waals surface area contributed by atoms with E-state index < -0.39 is 0 Å². The molecule has 0 unspecified atom stereocenters. The fourth-order valence-corrected chi connectivity index (χ4v) is 3.34. The summed E-state index contributed by atoms with van der Waals surface area (Å²) in [6.07, 6.45) is 5.65. The maximum Gasteiger partial charge on any atom is 0.138 e. The first-order valence-electron chi connectivity index (χ1n) is 9.44. The molecule has 0 radical (unpaired) electrons. The van der Waals surface area contributed by atoms with Gasteiger partial charge in [-0.25, -0.2) is 0 Å². The Labute approximate surface area is 153 Å². The van der Waals surface area contributed by atoms with Gasteiger partial charge in [0.2, 0.25) is 0 Å². The molecule has 0 atom stereocenters. The highest BCUT2D eigenvalue weighted by Crippen LogP contribution is 2.40. The molecule has 0 aliphatic heterocycles. The zero-order chi connectivity index (χ0) is 18.4. The topological polar surface area (TPSA) is 13.1 Å². The third kappa shape index (κ3) is 4.75. The number of hydrogen-bond acceptors (Lipinski definition) is 1. The third-order valence-corrected chi connectivity index (χ3v) is 4.66. The number of benzene rings is 1. The molecule has 1 aromatic heterocycles. The van der Waals surface area contributed by atoms with Gasteiger partial charge in [0.1, 0.15) is 11.5 Å². The molecule has 2 rings (SSSR count). The van der Waals surface area contributed by atoms with Crippen LogP contribution in [0, 0.1) is 6.92 Å². The van der Waals surface area contributed by atoms with Gasteiger partial charge in [-0.05, 0) is 58.1 Å². The molecule has 1 nitrogen and oxygen atoms in total. The normalized spacial score (nSPS) is 10.8. The summed E-state index contributed by atoms with van der Waals surface area (Å²) in [7, 11) is 0. The third-order valence-electron chi connectivity index (χ3n) is 4.66. The van der Waals surface area contributed by atoms with Gasteiger partial charge in [0.15, 0.2) is 0 Å². The Bertz CT molecular complexity index is 740. The molecule has 0 aliphatic rings. The summed E-state index contributed by atoms with van der Waals surface area (Å²) in [4.78, 5) is 0. The van der Waals surface area contributed by atoms with Crippen LogP contribution in [0.2, 0.25) is 0 Å². The van der Waals surface area contributed by atoms with Crippen molar-refractivity contribution in [3.63, 3.8) is 0 Å². The van der Waals surface area contributed by atoms with E-state index in [0.717, 1.165) is 29.9 Å². The van der Waals surface area contributed by atoms with E-state index in [4.69, 9.17) is 4.42 Å². The lowest BCUT2D eigenvalue weighted by molar-refractivity contribution is 0.515. The largest absolute Gasteiger partial charge is 0.461 e. The molecule has 0 bridgehead atoms. The maximum absolute atomic E-state index is 6.36. The van der Waals surface area contributed by atoms with Crippen LogP contribution in [0.25, 0.3) is 16.7 Å². The predicted octanol–water partition coefficient (Wildman–Crippen LogP) is 7.75. The van der Waals surface area contributed by atoms with Crippen molar-refractivity contribution in [1.82, 2.24) is 0 Å². The lowest BCUT2D eigenvalue weighted by atomic mass is 9.91. The Morgan fingerprint density at radius 2 is 1.72 bits per heavy atom. The van der Waals surface area contributed by atoms with Crippen molar-refractivity contribution in [1.29, 1.82) is 0 Å². The van der Waals surface area contributed by atoms with Crippen LogP contribution in [0.15, 0.2) is 52.5 Å². The van der Waals surface area contributed by atoms with Crippen LogP contribution in [-0.2, 0) is 6.42 Å². The van der Waals surface area contributed by atoms with Crippen LogP contribution < -0.4 is 0 Å². The highest BCUT2D eigenvalue weighted by Gasteiger charge is 2.22.